The maximum Gasteiger partial charge on any atom is 0.236 e. The van der Waals surface area contributed by atoms with Gasteiger partial charge in [0, 0.05) is 25.7 Å². The van der Waals surface area contributed by atoms with Crippen LogP contribution in [0.5, 0.6) is 5.75 Å². The van der Waals surface area contributed by atoms with Crippen molar-refractivity contribution in [3.8, 4) is 5.75 Å². The van der Waals surface area contributed by atoms with Crippen LogP contribution < -0.4 is 0 Å². The highest BCUT2D eigenvalue weighted by molar-refractivity contribution is 5.78. The topological polar surface area (TPSA) is 43.8 Å². The summed E-state index contributed by atoms with van der Waals surface area (Å²) in [5, 5.41) is 9.77. The van der Waals surface area contributed by atoms with Gasteiger partial charge in [-0.05, 0) is 18.7 Å². The van der Waals surface area contributed by atoms with E-state index >= 15 is 0 Å². The Labute approximate surface area is 131 Å². The monoisotopic (exact) mass is 298 g/mol. The summed E-state index contributed by atoms with van der Waals surface area (Å²) in [5.74, 6) is 0.251. The van der Waals surface area contributed by atoms with Crippen LogP contribution in [-0.2, 0) is 17.9 Å². The van der Waals surface area contributed by atoms with Crippen molar-refractivity contribution in [2.45, 2.75) is 13.1 Å². The maximum absolute atomic E-state index is 12.3. The molecule has 0 saturated carbocycles. The number of aromatic hydroxyl groups is 1. The van der Waals surface area contributed by atoms with Crippen molar-refractivity contribution >= 4 is 5.91 Å². The van der Waals surface area contributed by atoms with Crippen LogP contribution in [0.1, 0.15) is 11.1 Å². The molecule has 1 amide bonds. The van der Waals surface area contributed by atoms with Crippen LogP contribution in [0.3, 0.4) is 0 Å². The second-order valence-corrected chi connectivity index (χ2v) is 5.54. The zero-order chi connectivity index (χ0) is 15.9. The number of para-hydroxylation sites is 1. The van der Waals surface area contributed by atoms with Gasteiger partial charge in [-0.15, -0.1) is 0 Å². The summed E-state index contributed by atoms with van der Waals surface area (Å²) >= 11 is 0. The molecule has 0 heterocycles. The van der Waals surface area contributed by atoms with Crippen LogP contribution in [0.15, 0.2) is 54.6 Å². The SMILES string of the molecule is CN(CC(=O)N(C)Cc1ccccc1O)Cc1ccccc1. The average Bonchev–Trinajstić information content (AvgIpc) is 2.50. The van der Waals surface area contributed by atoms with Crippen molar-refractivity contribution in [2.75, 3.05) is 20.6 Å². The van der Waals surface area contributed by atoms with Gasteiger partial charge >= 0.3 is 0 Å². The standard InChI is InChI=1S/C18H22N2O2/c1-19(12-15-8-4-3-5-9-15)14-18(22)20(2)13-16-10-6-7-11-17(16)21/h3-11,21H,12-14H2,1-2H3. The van der Waals surface area contributed by atoms with E-state index in [1.165, 1.54) is 5.56 Å². The third-order valence-corrected chi connectivity index (χ3v) is 3.53. The van der Waals surface area contributed by atoms with E-state index in [-0.39, 0.29) is 11.7 Å². The average molecular weight is 298 g/mol. The summed E-state index contributed by atoms with van der Waals surface area (Å²) in [5.41, 5.74) is 1.94. The van der Waals surface area contributed by atoms with Gasteiger partial charge in [0.25, 0.3) is 0 Å². The third kappa shape index (κ3) is 4.60. The molecule has 0 unspecified atom stereocenters. The van der Waals surface area contributed by atoms with Crippen molar-refractivity contribution < 1.29 is 9.90 Å². The zero-order valence-electron chi connectivity index (χ0n) is 13.1. The molecule has 0 radical (unpaired) electrons. The molecule has 1 N–H and O–H groups in total. The summed E-state index contributed by atoms with van der Waals surface area (Å²) in [6.45, 7) is 1.49. The normalized spacial score (nSPS) is 10.7. The van der Waals surface area contributed by atoms with Crippen LogP contribution in [0.2, 0.25) is 0 Å². The largest absolute Gasteiger partial charge is 0.508 e. The van der Waals surface area contributed by atoms with Gasteiger partial charge in [0.1, 0.15) is 5.75 Å². The van der Waals surface area contributed by atoms with Crippen LogP contribution in [-0.4, -0.2) is 41.5 Å². The fourth-order valence-corrected chi connectivity index (χ4v) is 2.29. The Morgan fingerprint density at radius 1 is 0.955 bits per heavy atom. The first-order valence-corrected chi connectivity index (χ1v) is 7.29. The molecule has 4 nitrogen and oxygen atoms in total. The van der Waals surface area contributed by atoms with E-state index in [2.05, 4.69) is 0 Å². The molecule has 0 aromatic heterocycles. The quantitative estimate of drug-likeness (QED) is 0.891. The highest BCUT2D eigenvalue weighted by atomic mass is 16.3. The van der Waals surface area contributed by atoms with Gasteiger partial charge in [0.2, 0.25) is 5.91 Å². The number of nitrogens with zero attached hydrogens (tertiary/aromatic N) is 2. The van der Waals surface area contributed by atoms with Gasteiger partial charge in [-0.2, -0.15) is 0 Å². The summed E-state index contributed by atoms with van der Waals surface area (Å²) in [6, 6.07) is 17.2. The molecule has 116 valence electrons. The van der Waals surface area contributed by atoms with Gasteiger partial charge in [-0.3, -0.25) is 9.69 Å². The fraction of sp³-hybridized carbons (Fsp3) is 0.278. The number of hydrogen-bond donors (Lipinski definition) is 1. The lowest BCUT2D eigenvalue weighted by Crippen LogP contribution is -2.36. The Kier molecular flexibility index (Phi) is 5.55. The second kappa shape index (κ2) is 7.61. The minimum atomic E-state index is 0.0293. The molecular formula is C18H22N2O2. The minimum Gasteiger partial charge on any atom is -0.508 e. The van der Waals surface area contributed by atoms with Crippen molar-refractivity contribution in [3.63, 3.8) is 0 Å². The highest BCUT2D eigenvalue weighted by Crippen LogP contribution is 2.17. The molecule has 22 heavy (non-hydrogen) atoms. The Morgan fingerprint density at radius 3 is 2.27 bits per heavy atom. The van der Waals surface area contributed by atoms with E-state index in [0.717, 1.165) is 12.1 Å². The number of carbonyl (C=O) groups is 1. The summed E-state index contributed by atoms with van der Waals surface area (Å²) in [7, 11) is 3.68. The maximum atomic E-state index is 12.3. The molecule has 2 rings (SSSR count). The smallest absolute Gasteiger partial charge is 0.236 e. The van der Waals surface area contributed by atoms with Gasteiger partial charge in [-0.25, -0.2) is 0 Å². The van der Waals surface area contributed by atoms with E-state index in [1.54, 1.807) is 24.1 Å². The van der Waals surface area contributed by atoms with Crippen molar-refractivity contribution in [1.82, 2.24) is 9.80 Å². The zero-order valence-corrected chi connectivity index (χ0v) is 13.1. The number of rotatable bonds is 6. The van der Waals surface area contributed by atoms with E-state index in [1.807, 2.05) is 54.4 Å². The van der Waals surface area contributed by atoms with Crippen molar-refractivity contribution in [1.29, 1.82) is 0 Å². The number of benzene rings is 2. The van der Waals surface area contributed by atoms with Crippen LogP contribution in [0.4, 0.5) is 0 Å². The number of hydrogen-bond acceptors (Lipinski definition) is 3. The Balaban J connectivity index is 1.87. The van der Waals surface area contributed by atoms with Crippen LogP contribution in [0, 0.1) is 0 Å². The lowest BCUT2D eigenvalue weighted by molar-refractivity contribution is -0.131. The molecule has 0 aliphatic rings. The molecule has 4 heteroatoms. The van der Waals surface area contributed by atoms with Gasteiger partial charge in [0.05, 0.1) is 6.54 Å². The molecular weight excluding hydrogens is 276 g/mol. The predicted molar refractivity (Wildman–Crippen MR) is 87.4 cm³/mol. The molecule has 2 aromatic carbocycles. The summed E-state index contributed by atoms with van der Waals surface area (Å²) in [4.78, 5) is 15.9. The van der Waals surface area contributed by atoms with Crippen LogP contribution >= 0.6 is 0 Å². The van der Waals surface area contributed by atoms with Gasteiger partial charge < -0.3 is 10.0 Å². The fourth-order valence-electron chi connectivity index (χ4n) is 2.29. The highest BCUT2D eigenvalue weighted by Gasteiger charge is 2.13. The third-order valence-electron chi connectivity index (χ3n) is 3.53. The molecule has 0 aliphatic heterocycles. The first-order valence-electron chi connectivity index (χ1n) is 7.29. The lowest BCUT2D eigenvalue weighted by atomic mass is 10.2. The Morgan fingerprint density at radius 2 is 1.59 bits per heavy atom. The van der Waals surface area contributed by atoms with E-state index < -0.39 is 0 Å². The number of phenolic OH excluding ortho intramolecular Hbond substituents is 1. The van der Waals surface area contributed by atoms with Gasteiger partial charge in [-0.1, -0.05) is 48.5 Å². The van der Waals surface area contributed by atoms with E-state index in [0.29, 0.717) is 13.1 Å². The molecule has 0 fully saturated rings. The molecule has 0 spiro atoms. The second-order valence-electron chi connectivity index (χ2n) is 5.54. The Hall–Kier alpha value is -2.33. The number of phenols is 1. The Bertz CT molecular complexity index is 613. The number of amides is 1. The summed E-state index contributed by atoms with van der Waals surface area (Å²) in [6.07, 6.45) is 0. The first kappa shape index (κ1) is 16.0. The number of carbonyl (C=O) groups excluding carboxylic acids is 1. The number of likely N-dealkylation sites (N-methyl/N-ethyl adjacent to an activating group) is 2. The van der Waals surface area contributed by atoms with E-state index in [9.17, 15) is 9.90 Å². The van der Waals surface area contributed by atoms with E-state index in [4.69, 9.17) is 0 Å². The summed E-state index contributed by atoms with van der Waals surface area (Å²) < 4.78 is 0. The lowest BCUT2D eigenvalue weighted by Gasteiger charge is -2.22. The molecule has 0 atom stereocenters. The molecule has 2 aromatic rings. The molecule has 0 saturated heterocycles. The van der Waals surface area contributed by atoms with Crippen molar-refractivity contribution in [2.24, 2.45) is 0 Å². The minimum absolute atomic E-state index is 0.0293. The van der Waals surface area contributed by atoms with Crippen LogP contribution in [0.25, 0.3) is 0 Å². The molecule has 0 bridgehead atoms. The molecule has 0 aliphatic carbocycles. The van der Waals surface area contributed by atoms with Crippen molar-refractivity contribution in [3.05, 3.63) is 65.7 Å². The predicted octanol–water partition coefficient (Wildman–Crippen LogP) is 2.48. The van der Waals surface area contributed by atoms with Gasteiger partial charge in [0.15, 0.2) is 0 Å². The first-order chi connectivity index (χ1) is 10.6.